The van der Waals surface area contributed by atoms with E-state index in [0.717, 1.165) is 18.9 Å². The molecule has 90 valence electrons. The highest BCUT2D eigenvalue weighted by Gasteiger charge is 2.03. The fourth-order valence-corrected chi connectivity index (χ4v) is 1.64. The monoisotopic (exact) mass is 230 g/mol. The van der Waals surface area contributed by atoms with Crippen molar-refractivity contribution in [3.63, 3.8) is 0 Å². The molecule has 0 bridgehead atoms. The van der Waals surface area contributed by atoms with E-state index in [9.17, 15) is 0 Å². The molecule has 2 aromatic heterocycles. The maximum absolute atomic E-state index is 4.24. The molecule has 2 heterocycles. The Bertz CT molecular complexity index is 447. The number of nitrogens with zero attached hydrogens (tertiary/aromatic N) is 3. The lowest BCUT2D eigenvalue weighted by molar-refractivity contribution is 0.561. The highest BCUT2D eigenvalue weighted by atomic mass is 15.0. The van der Waals surface area contributed by atoms with Gasteiger partial charge in [-0.3, -0.25) is 0 Å². The van der Waals surface area contributed by atoms with Gasteiger partial charge >= 0.3 is 0 Å². The van der Waals surface area contributed by atoms with Crippen LogP contribution in [0.1, 0.15) is 25.4 Å². The lowest BCUT2D eigenvalue weighted by Crippen LogP contribution is -2.23. The SMILES string of the molecule is CC(C)NCc1cccn1Cc1ncccn1. The van der Waals surface area contributed by atoms with Gasteiger partial charge in [-0.05, 0) is 18.2 Å². The third kappa shape index (κ3) is 3.39. The second kappa shape index (κ2) is 5.59. The van der Waals surface area contributed by atoms with Gasteiger partial charge in [0.2, 0.25) is 0 Å². The summed E-state index contributed by atoms with van der Waals surface area (Å²) >= 11 is 0. The molecular weight excluding hydrogens is 212 g/mol. The number of hydrogen-bond donors (Lipinski definition) is 1. The number of hydrogen-bond acceptors (Lipinski definition) is 3. The third-order valence-corrected chi connectivity index (χ3v) is 2.55. The van der Waals surface area contributed by atoms with Crippen molar-refractivity contribution in [2.24, 2.45) is 0 Å². The van der Waals surface area contributed by atoms with E-state index in [1.807, 2.05) is 6.07 Å². The van der Waals surface area contributed by atoms with Gasteiger partial charge in [-0.25, -0.2) is 9.97 Å². The molecule has 4 nitrogen and oxygen atoms in total. The minimum absolute atomic E-state index is 0.492. The molecule has 0 spiro atoms. The average molecular weight is 230 g/mol. The summed E-state index contributed by atoms with van der Waals surface area (Å²) in [5.41, 5.74) is 1.26. The molecule has 17 heavy (non-hydrogen) atoms. The van der Waals surface area contributed by atoms with Crippen LogP contribution >= 0.6 is 0 Å². The lowest BCUT2D eigenvalue weighted by atomic mass is 10.3. The normalized spacial score (nSPS) is 11.0. The molecule has 1 N–H and O–H groups in total. The summed E-state index contributed by atoms with van der Waals surface area (Å²) in [7, 11) is 0. The van der Waals surface area contributed by atoms with Crippen LogP contribution in [0.4, 0.5) is 0 Å². The topological polar surface area (TPSA) is 42.7 Å². The third-order valence-electron chi connectivity index (χ3n) is 2.55. The zero-order chi connectivity index (χ0) is 12.1. The highest BCUT2D eigenvalue weighted by molar-refractivity contribution is 5.08. The number of nitrogens with one attached hydrogen (secondary N) is 1. The Morgan fingerprint density at radius 1 is 1.24 bits per heavy atom. The fourth-order valence-electron chi connectivity index (χ4n) is 1.64. The quantitative estimate of drug-likeness (QED) is 0.852. The molecule has 2 aromatic rings. The van der Waals surface area contributed by atoms with Crippen molar-refractivity contribution < 1.29 is 0 Å². The molecule has 0 aliphatic carbocycles. The van der Waals surface area contributed by atoms with Crippen molar-refractivity contribution in [2.45, 2.75) is 33.0 Å². The predicted molar refractivity (Wildman–Crippen MR) is 67.5 cm³/mol. The molecule has 0 fully saturated rings. The zero-order valence-corrected chi connectivity index (χ0v) is 10.3. The van der Waals surface area contributed by atoms with Gasteiger partial charge in [0.15, 0.2) is 0 Å². The summed E-state index contributed by atoms with van der Waals surface area (Å²) in [6, 6.07) is 6.50. The Balaban J connectivity index is 2.04. The summed E-state index contributed by atoms with van der Waals surface area (Å²) in [5.74, 6) is 0.842. The van der Waals surface area contributed by atoms with Crippen LogP contribution in [0.3, 0.4) is 0 Å². The number of aromatic nitrogens is 3. The molecule has 0 atom stereocenters. The Hall–Kier alpha value is -1.68. The van der Waals surface area contributed by atoms with Crippen LogP contribution in [0.15, 0.2) is 36.8 Å². The Labute approximate surface area is 102 Å². The Morgan fingerprint density at radius 3 is 2.71 bits per heavy atom. The van der Waals surface area contributed by atoms with Gasteiger partial charge in [0, 0.05) is 36.9 Å². The molecule has 0 aromatic carbocycles. The van der Waals surface area contributed by atoms with Gasteiger partial charge in [0.1, 0.15) is 5.82 Å². The van der Waals surface area contributed by atoms with Crippen molar-refractivity contribution in [3.8, 4) is 0 Å². The maximum Gasteiger partial charge on any atom is 0.147 e. The summed E-state index contributed by atoms with van der Waals surface area (Å²) in [6.07, 6.45) is 5.61. The number of rotatable bonds is 5. The minimum atomic E-state index is 0.492. The fraction of sp³-hybridized carbons (Fsp3) is 0.385. The first kappa shape index (κ1) is 11.8. The van der Waals surface area contributed by atoms with Crippen LogP contribution in [0, 0.1) is 0 Å². The van der Waals surface area contributed by atoms with Crippen LogP contribution in [0.5, 0.6) is 0 Å². The standard InChI is InChI=1S/C13H18N4/c1-11(2)16-9-12-5-3-8-17(12)10-13-14-6-4-7-15-13/h3-8,11,16H,9-10H2,1-2H3. The summed E-state index contributed by atoms with van der Waals surface area (Å²) in [6.45, 7) is 5.89. The first-order valence-corrected chi connectivity index (χ1v) is 5.89. The van der Waals surface area contributed by atoms with E-state index in [1.165, 1.54) is 5.69 Å². The van der Waals surface area contributed by atoms with Gasteiger partial charge in [-0.15, -0.1) is 0 Å². The van der Waals surface area contributed by atoms with E-state index in [-0.39, 0.29) is 0 Å². The maximum atomic E-state index is 4.24. The molecule has 4 heteroatoms. The van der Waals surface area contributed by atoms with Crippen LogP contribution in [-0.2, 0) is 13.1 Å². The van der Waals surface area contributed by atoms with Crippen molar-refractivity contribution in [3.05, 3.63) is 48.3 Å². The second-order valence-electron chi connectivity index (χ2n) is 4.33. The molecule has 0 aliphatic rings. The smallest absolute Gasteiger partial charge is 0.147 e. The molecule has 2 rings (SSSR count). The first-order valence-electron chi connectivity index (χ1n) is 5.89. The lowest BCUT2D eigenvalue weighted by Gasteiger charge is -2.11. The zero-order valence-electron chi connectivity index (χ0n) is 10.3. The molecule has 0 saturated heterocycles. The van der Waals surface area contributed by atoms with Crippen molar-refractivity contribution in [1.82, 2.24) is 19.9 Å². The second-order valence-corrected chi connectivity index (χ2v) is 4.33. The molecular formula is C13H18N4. The van der Waals surface area contributed by atoms with Gasteiger partial charge < -0.3 is 9.88 Å². The molecule has 0 saturated carbocycles. The summed E-state index contributed by atoms with van der Waals surface area (Å²) < 4.78 is 2.17. The van der Waals surface area contributed by atoms with Gasteiger partial charge in [0.05, 0.1) is 6.54 Å². The average Bonchev–Trinajstić information content (AvgIpc) is 2.75. The Kier molecular flexibility index (Phi) is 3.88. The van der Waals surface area contributed by atoms with Gasteiger partial charge in [0.25, 0.3) is 0 Å². The van der Waals surface area contributed by atoms with Crippen LogP contribution in [0.25, 0.3) is 0 Å². The van der Waals surface area contributed by atoms with E-state index in [1.54, 1.807) is 12.4 Å². The summed E-state index contributed by atoms with van der Waals surface area (Å²) in [4.78, 5) is 8.48. The van der Waals surface area contributed by atoms with Gasteiger partial charge in [-0.1, -0.05) is 13.8 Å². The molecule has 0 aliphatic heterocycles. The Morgan fingerprint density at radius 2 is 2.00 bits per heavy atom. The van der Waals surface area contributed by atoms with E-state index in [2.05, 4.69) is 52.0 Å². The van der Waals surface area contributed by atoms with Crippen molar-refractivity contribution in [1.29, 1.82) is 0 Å². The minimum Gasteiger partial charge on any atom is -0.343 e. The van der Waals surface area contributed by atoms with E-state index < -0.39 is 0 Å². The van der Waals surface area contributed by atoms with E-state index >= 15 is 0 Å². The van der Waals surface area contributed by atoms with Crippen LogP contribution in [-0.4, -0.2) is 20.6 Å². The van der Waals surface area contributed by atoms with E-state index in [0.29, 0.717) is 6.04 Å². The summed E-state index contributed by atoms with van der Waals surface area (Å²) in [5, 5.41) is 3.41. The van der Waals surface area contributed by atoms with Crippen LogP contribution < -0.4 is 5.32 Å². The van der Waals surface area contributed by atoms with Crippen molar-refractivity contribution >= 4 is 0 Å². The molecule has 0 amide bonds. The van der Waals surface area contributed by atoms with Gasteiger partial charge in [-0.2, -0.15) is 0 Å². The van der Waals surface area contributed by atoms with Crippen LogP contribution in [0.2, 0.25) is 0 Å². The molecule has 0 radical (unpaired) electrons. The largest absolute Gasteiger partial charge is 0.343 e. The van der Waals surface area contributed by atoms with Crippen molar-refractivity contribution in [2.75, 3.05) is 0 Å². The highest BCUT2D eigenvalue weighted by Crippen LogP contribution is 2.04. The predicted octanol–water partition coefficient (Wildman–Crippen LogP) is 1.82. The first-order chi connectivity index (χ1) is 8.25. The molecule has 0 unspecified atom stereocenters. The van der Waals surface area contributed by atoms with E-state index in [4.69, 9.17) is 0 Å².